The number of hydrogen-bond acceptors (Lipinski definition) is 5. The van der Waals surface area contributed by atoms with Crippen LogP contribution in [0.2, 0.25) is 0 Å². The second-order valence-electron chi connectivity index (χ2n) is 5.57. The maximum absolute atomic E-state index is 12.4. The summed E-state index contributed by atoms with van der Waals surface area (Å²) in [6.07, 6.45) is 4.92. The van der Waals surface area contributed by atoms with Crippen molar-refractivity contribution in [2.45, 2.75) is 0 Å². The molecule has 3 rings (SSSR count). The summed E-state index contributed by atoms with van der Waals surface area (Å²) in [5.74, 6) is 2.37. The van der Waals surface area contributed by atoms with Gasteiger partial charge in [0.2, 0.25) is 0 Å². The molecule has 0 spiro atoms. The highest BCUT2D eigenvalue weighted by Crippen LogP contribution is 2.31. The van der Waals surface area contributed by atoms with E-state index < -0.39 is 0 Å². The van der Waals surface area contributed by atoms with E-state index in [1.807, 2.05) is 12.1 Å². The molecular weight excluding hydrogens is 332 g/mol. The first-order chi connectivity index (χ1) is 12.7. The first kappa shape index (κ1) is 17.6. The van der Waals surface area contributed by atoms with Crippen LogP contribution in [-0.2, 0) is 0 Å². The summed E-state index contributed by atoms with van der Waals surface area (Å²) in [5, 5.41) is 0. The summed E-state index contributed by atoms with van der Waals surface area (Å²) in [6.45, 7) is 5.03. The second kappa shape index (κ2) is 8.25. The molecule has 0 atom stereocenters. The third-order valence-electron chi connectivity index (χ3n) is 3.80. The van der Waals surface area contributed by atoms with Crippen molar-refractivity contribution in [2.75, 3.05) is 26.9 Å². The fourth-order valence-corrected chi connectivity index (χ4v) is 2.52. The average molecular weight is 352 g/mol. The molecule has 5 nitrogen and oxygen atoms in total. The van der Waals surface area contributed by atoms with E-state index >= 15 is 0 Å². The lowest BCUT2D eigenvalue weighted by atomic mass is 10.1. The molecule has 1 aliphatic rings. The van der Waals surface area contributed by atoms with E-state index in [1.165, 1.54) is 6.08 Å². The van der Waals surface area contributed by atoms with Crippen LogP contribution in [0, 0.1) is 0 Å². The van der Waals surface area contributed by atoms with Crippen LogP contribution in [0.3, 0.4) is 0 Å². The molecule has 0 bridgehead atoms. The van der Waals surface area contributed by atoms with Crippen molar-refractivity contribution in [2.24, 2.45) is 0 Å². The zero-order chi connectivity index (χ0) is 18.4. The Morgan fingerprint density at radius 2 is 1.92 bits per heavy atom. The first-order valence-electron chi connectivity index (χ1n) is 8.25. The van der Waals surface area contributed by atoms with Gasteiger partial charge in [-0.1, -0.05) is 24.8 Å². The molecule has 1 aliphatic heterocycles. The van der Waals surface area contributed by atoms with Crippen molar-refractivity contribution in [1.82, 2.24) is 0 Å². The molecule has 0 saturated carbocycles. The van der Waals surface area contributed by atoms with Gasteiger partial charge in [-0.05, 0) is 42.0 Å². The molecule has 0 saturated heterocycles. The van der Waals surface area contributed by atoms with Gasteiger partial charge in [0.15, 0.2) is 28.8 Å². The lowest BCUT2D eigenvalue weighted by molar-refractivity contribution is 0.104. The fourth-order valence-electron chi connectivity index (χ4n) is 2.52. The Morgan fingerprint density at radius 1 is 1.12 bits per heavy atom. The summed E-state index contributed by atoms with van der Waals surface area (Å²) in [5.41, 5.74) is 1.38. The van der Waals surface area contributed by atoms with Crippen molar-refractivity contribution in [3.63, 3.8) is 0 Å². The largest absolute Gasteiger partial charge is 0.493 e. The maximum atomic E-state index is 12.4. The number of fused-ring (bicyclic) bond motifs is 1. The summed E-state index contributed by atoms with van der Waals surface area (Å²) in [6, 6.07) is 10.7. The first-order valence-corrected chi connectivity index (χ1v) is 8.25. The lowest BCUT2D eigenvalue weighted by Gasteiger charge is -2.18. The number of carbonyl (C=O) groups excluding carboxylic acids is 1. The lowest BCUT2D eigenvalue weighted by Crippen LogP contribution is -2.15. The van der Waals surface area contributed by atoms with E-state index in [0.717, 1.165) is 5.56 Å². The highest BCUT2D eigenvalue weighted by atomic mass is 16.6. The molecule has 1 heterocycles. The number of hydrogen-bond donors (Lipinski definition) is 0. The number of ether oxygens (including phenoxy) is 4. The van der Waals surface area contributed by atoms with Crippen LogP contribution in [0.1, 0.15) is 15.9 Å². The smallest absolute Gasteiger partial charge is 0.185 e. The fraction of sp³-hybridized carbons (Fsp3) is 0.190. The van der Waals surface area contributed by atoms with Gasteiger partial charge in [-0.3, -0.25) is 4.79 Å². The van der Waals surface area contributed by atoms with E-state index in [9.17, 15) is 4.79 Å². The number of benzene rings is 2. The third kappa shape index (κ3) is 4.06. The molecule has 0 amide bonds. The highest BCUT2D eigenvalue weighted by Gasteiger charge is 2.13. The van der Waals surface area contributed by atoms with Gasteiger partial charge < -0.3 is 18.9 Å². The van der Waals surface area contributed by atoms with Crippen LogP contribution in [0.15, 0.2) is 55.1 Å². The Balaban J connectivity index is 1.74. The van der Waals surface area contributed by atoms with Crippen molar-refractivity contribution in [1.29, 1.82) is 0 Å². The molecule has 2 aromatic rings. The zero-order valence-electron chi connectivity index (χ0n) is 14.6. The monoisotopic (exact) mass is 352 g/mol. The molecule has 5 heteroatoms. The van der Waals surface area contributed by atoms with Crippen molar-refractivity contribution in [3.05, 3.63) is 66.3 Å². The number of ketones is 1. The van der Waals surface area contributed by atoms with Gasteiger partial charge in [0, 0.05) is 5.56 Å². The summed E-state index contributed by atoms with van der Waals surface area (Å²) >= 11 is 0. The van der Waals surface area contributed by atoms with Gasteiger partial charge in [0.1, 0.15) is 19.8 Å². The molecule has 0 N–H and O–H groups in total. The second-order valence-corrected chi connectivity index (χ2v) is 5.57. The quantitative estimate of drug-likeness (QED) is 0.429. The molecule has 0 radical (unpaired) electrons. The topological polar surface area (TPSA) is 54.0 Å². The average Bonchev–Trinajstić information content (AvgIpc) is 2.70. The number of carbonyl (C=O) groups is 1. The standard InChI is InChI=1S/C21H20O5/c1-3-10-24-18-8-5-15(13-20(18)23-2)4-7-17(22)16-6-9-19-21(14-16)26-12-11-25-19/h3-9,13-14H,1,10-12H2,2H3/b7-4+. The predicted molar refractivity (Wildman–Crippen MR) is 99.5 cm³/mol. The number of rotatable bonds is 7. The molecule has 134 valence electrons. The van der Waals surface area contributed by atoms with Gasteiger partial charge in [-0.15, -0.1) is 0 Å². The van der Waals surface area contributed by atoms with E-state index in [4.69, 9.17) is 18.9 Å². The zero-order valence-corrected chi connectivity index (χ0v) is 14.6. The molecule has 0 aliphatic carbocycles. The van der Waals surface area contributed by atoms with Crippen LogP contribution in [-0.4, -0.2) is 32.7 Å². The number of methoxy groups -OCH3 is 1. The molecule has 0 aromatic heterocycles. The van der Waals surface area contributed by atoms with Crippen molar-refractivity contribution in [3.8, 4) is 23.0 Å². The van der Waals surface area contributed by atoms with Crippen molar-refractivity contribution < 1.29 is 23.7 Å². The summed E-state index contributed by atoms with van der Waals surface area (Å²) in [4.78, 5) is 12.4. The van der Waals surface area contributed by atoms with Crippen LogP contribution in [0.4, 0.5) is 0 Å². The Morgan fingerprint density at radius 3 is 2.69 bits per heavy atom. The molecule has 0 unspecified atom stereocenters. The van der Waals surface area contributed by atoms with Gasteiger partial charge in [-0.25, -0.2) is 0 Å². The normalized spacial score (nSPS) is 12.7. The summed E-state index contributed by atoms with van der Waals surface area (Å²) in [7, 11) is 1.57. The molecule has 0 fully saturated rings. The minimum absolute atomic E-state index is 0.118. The van der Waals surface area contributed by atoms with Crippen LogP contribution in [0.5, 0.6) is 23.0 Å². The molecular formula is C21H20O5. The minimum atomic E-state index is -0.118. The SMILES string of the molecule is C=CCOc1ccc(/C=C/C(=O)c2ccc3c(c2)OCCO3)cc1OC. The van der Waals surface area contributed by atoms with Gasteiger partial charge in [0.25, 0.3) is 0 Å². The molecule has 2 aromatic carbocycles. The Labute approximate surface area is 152 Å². The van der Waals surface area contributed by atoms with Crippen LogP contribution in [0.25, 0.3) is 6.08 Å². The van der Waals surface area contributed by atoms with Gasteiger partial charge >= 0.3 is 0 Å². The van der Waals surface area contributed by atoms with Crippen LogP contribution < -0.4 is 18.9 Å². The Kier molecular flexibility index (Phi) is 5.59. The van der Waals surface area contributed by atoms with E-state index in [1.54, 1.807) is 43.5 Å². The van der Waals surface area contributed by atoms with E-state index in [0.29, 0.717) is 48.4 Å². The van der Waals surface area contributed by atoms with Gasteiger partial charge in [0.05, 0.1) is 7.11 Å². The Bertz CT molecular complexity index is 838. The van der Waals surface area contributed by atoms with E-state index in [2.05, 4.69) is 6.58 Å². The Hall–Kier alpha value is -3.21. The minimum Gasteiger partial charge on any atom is -0.493 e. The third-order valence-corrected chi connectivity index (χ3v) is 3.80. The van der Waals surface area contributed by atoms with Crippen molar-refractivity contribution >= 4 is 11.9 Å². The van der Waals surface area contributed by atoms with Gasteiger partial charge in [-0.2, -0.15) is 0 Å². The summed E-state index contributed by atoms with van der Waals surface area (Å²) < 4.78 is 21.8. The maximum Gasteiger partial charge on any atom is 0.185 e. The highest BCUT2D eigenvalue weighted by molar-refractivity contribution is 6.07. The van der Waals surface area contributed by atoms with E-state index in [-0.39, 0.29) is 5.78 Å². The predicted octanol–water partition coefficient (Wildman–Crippen LogP) is 3.93. The number of allylic oxidation sites excluding steroid dienone is 1. The van der Waals surface area contributed by atoms with Crippen LogP contribution >= 0.6 is 0 Å². The molecule has 26 heavy (non-hydrogen) atoms.